The minimum absolute atomic E-state index is 0.216. The summed E-state index contributed by atoms with van der Waals surface area (Å²) in [7, 11) is 3.75. The molecular weight excluding hydrogens is 384 g/mol. The number of carbonyl (C=O) groups is 1. The fourth-order valence-electron chi connectivity index (χ4n) is 4.82. The molecule has 5 heteroatoms. The van der Waals surface area contributed by atoms with Crippen LogP contribution >= 0.6 is 0 Å². The van der Waals surface area contributed by atoms with E-state index in [-0.39, 0.29) is 5.91 Å². The van der Waals surface area contributed by atoms with E-state index < -0.39 is 5.41 Å². The van der Waals surface area contributed by atoms with Crippen LogP contribution in [0.25, 0.3) is 11.1 Å². The maximum atomic E-state index is 13.5. The first-order valence-corrected chi connectivity index (χ1v) is 10.9. The molecule has 31 heavy (non-hydrogen) atoms. The Morgan fingerprint density at radius 1 is 1.03 bits per heavy atom. The van der Waals surface area contributed by atoms with Crippen molar-refractivity contribution >= 4 is 5.91 Å². The van der Waals surface area contributed by atoms with Crippen LogP contribution in [0.3, 0.4) is 0 Å². The lowest BCUT2D eigenvalue weighted by Crippen LogP contribution is -2.52. The summed E-state index contributed by atoms with van der Waals surface area (Å²) in [6.07, 6.45) is 10.0. The molecule has 1 fully saturated rings. The van der Waals surface area contributed by atoms with E-state index in [1.54, 1.807) is 11.1 Å². The molecule has 2 aromatic heterocycles. The van der Waals surface area contributed by atoms with E-state index >= 15 is 0 Å². The average Bonchev–Trinajstić information content (AvgIpc) is 2.80. The first-order chi connectivity index (χ1) is 15.1. The number of likely N-dealkylation sites (tertiary alicyclic amines) is 1. The van der Waals surface area contributed by atoms with E-state index in [1.807, 2.05) is 38.8 Å². The Balaban J connectivity index is 1.66. The molecule has 0 spiro atoms. The van der Waals surface area contributed by atoms with Crippen LogP contribution < -0.4 is 0 Å². The molecule has 0 unspecified atom stereocenters. The Kier molecular flexibility index (Phi) is 6.42. The highest BCUT2D eigenvalue weighted by atomic mass is 16.2. The zero-order valence-electron chi connectivity index (χ0n) is 18.4. The van der Waals surface area contributed by atoms with Gasteiger partial charge in [-0.25, -0.2) is 0 Å². The van der Waals surface area contributed by atoms with E-state index in [1.165, 1.54) is 11.1 Å². The summed E-state index contributed by atoms with van der Waals surface area (Å²) in [6, 6.07) is 16.6. The van der Waals surface area contributed by atoms with Crippen molar-refractivity contribution in [3.63, 3.8) is 0 Å². The van der Waals surface area contributed by atoms with Crippen molar-refractivity contribution in [2.75, 3.05) is 27.2 Å². The number of pyridine rings is 2. The molecule has 3 heterocycles. The molecule has 0 radical (unpaired) electrons. The van der Waals surface area contributed by atoms with Crippen LogP contribution in [0.2, 0.25) is 0 Å². The summed E-state index contributed by atoms with van der Waals surface area (Å²) < 4.78 is 0. The monoisotopic (exact) mass is 414 g/mol. The molecule has 5 nitrogen and oxygen atoms in total. The first kappa shape index (κ1) is 21.2. The smallest absolute Gasteiger partial charge is 0.229 e. The van der Waals surface area contributed by atoms with Crippen LogP contribution in [-0.4, -0.2) is 52.9 Å². The molecule has 160 valence electrons. The predicted octanol–water partition coefficient (Wildman–Crippen LogP) is 4.06. The van der Waals surface area contributed by atoms with Gasteiger partial charge >= 0.3 is 0 Å². The molecule has 1 aromatic carbocycles. The fourth-order valence-corrected chi connectivity index (χ4v) is 4.82. The number of piperidine rings is 1. The van der Waals surface area contributed by atoms with Crippen LogP contribution in [0.5, 0.6) is 0 Å². The molecule has 0 N–H and O–H groups in total. The lowest BCUT2D eigenvalue weighted by atomic mass is 9.73. The highest BCUT2D eigenvalue weighted by molar-refractivity contribution is 5.83. The molecule has 1 amide bonds. The van der Waals surface area contributed by atoms with Gasteiger partial charge in [0, 0.05) is 57.5 Å². The summed E-state index contributed by atoms with van der Waals surface area (Å²) in [6.45, 7) is 2.61. The molecule has 3 aromatic rings. The summed E-state index contributed by atoms with van der Waals surface area (Å²) in [4.78, 5) is 26.2. The molecule has 0 saturated carbocycles. The summed E-state index contributed by atoms with van der Waals surface area (Å²) in [5.74, 6) is 0.216. The standard InChI is InChI=1S/C26H30N4O/c1-29(2)25(31)26(12-6-16-30(20-26)19-21-10-14-27-15-11-21)17-22-7-3-4-9-24(22)23-8-5-13-28-18-23/h3-5,7-11,13-15,18H,6,12,16-17,19-20H2,1-2H3/t26-/m0/s1. The average molecular weight is 415 g/mol. The van der Waals surface area contributed by atoms with Crippen molar-refractivity contribution in [3.05, 3.63) is 84.4 Å². The quantitative estimate of drug-likeness (QED) is 0.610. The second kappa shape index (κ2) is 9.40. The maximum absolute atomic E-state index is 13.5. The minimum atomic E-state index is -0.437. The van der Waals surface area contributed by atoms with E-state index in [2.05, 4.69) is 57.3 Å². The van der Waals surface area contributed by atoms with E-state index in [9.17, 15) is 4.79 Å². The summed E-state index contributed by atoms with van der Waals surface area (Å²) >= 11 is 0. The number of amides is 1. The molecule has 1 aliphatic rings. The number of benzene rings is 1. The third-order valence-electron chi connectivity index (χ3n) is 6.19. The zero-order chi connectivity index (χ0) is 21.7. The number of aromatic nitrogens is 2. The van der Waals surface area contributed by atoms with Crippen molar-refractivity contribution in [3.8, 4) is 11.1 Å². The van der Waals surface area contributed by atoms with Gasteiger partial charge in [0.25, 0.3) is 0 Å². The van der Waals surface area contributed by atoms with Crippen LogP contribution in [0, 0.1) is 5.41 Å². The van der Waals surface area contributed by atoms with Gasteiger partial charge in [-0.3, -0.25) is 19.7 Å². The Labute approximate surface area is 184 Å². The van der Waals surface area contributed by atoms with Crippen LogP contribution in [0.15, 0.2) is 73.3 Å². The Bertz CT molecular complexity index is 1010. The predicted molar refractivity (Wildman–Crippen MR) is 123 cm³/mol. The largest absolute Gasteiger partial charge is 0.348 e. The number of nitrogens with zero attached hydrogens (tertiary/aromatic N) is 4. The van der Waals surface area contributed by atoms with E-state index in [4.69, 9.17) is 0 Å². The second-order valence-electron chi connectivity index (χ2n) is 8.73. The normalized spacial score (nSPS) is 19.2. The van der Waals surface area contributed by atoms with Gasteiger partial charge in [0.05, 0.1) is 5.41 Å². The molecular formula is C26H30N4O. The van der Waals surface area contributed by atoms with Gasteiger partial charge in [0.1, 0.15) is 0 Å². The maximum Gasteiger partial charge on any atom is 0.229 e. The second-order valence-corrected chi connectivity index (χ2v) is 8.73. The summed E-state index contributed by atoms with van der Waals surface area (Å²) in [5, 5.41) is 0. The van der Waals surface area contributed by atoms with Gasteiger partial charge in [-0.15, -0.1) is 0 Å². The van der Waals surface area contributed by atoms with Crippen molar-refractivity contribution in [1.29, 1.82) is 0 Å². The number of hydrogen-bond acceptors (Lipinski definition) is 4. The van der Waals surface area contributed by atoms with Crippen molar-refractivity contribution in [2.45, 2.75) is 25.8 Å². The van der Waals surface area contributed by atoms with Crippen molar-refractivity contribution in [1.82, 2.24) is 19.8 Å². The highest BCUT2D eigenvalue weighted by Gasteiger charge is 2.43. The van der Waals surface area contributed by atoms with Gasteiger partial charge < -0.3 is 4.90 Å². The van der Waals surface area contributed by atoms with Gasteiger partial charge in [-0.2, -0.15) is 0 Å². The zero-order valence-corrected chi connectivity index (χ0v) is 18.4. The van der Waals surface area contributed by atoms with Crippen LogP contribution in [0.4, 0.5) is 0 Å². The molecule has 4 rings (SSSR count). The third-order valence-corrected chi connectivity index (χ3v) is 6.19. The Morgan fingerprint density at radius 3 is 2.58 bits per heavy atom. The molecule has 1 atom stereocenters. The van der Waals surface area contributed by atoms with Gasteiger partial charge in [0.2, 0.25) is 5.91 Å². The van der Waals surface area contributed by atoms with Crippen LogP contribution in [-0.2, 0) is 17.8 Å². The lowest BCUT2D eigenvalue weighted by molar-refractivity contribution is -0.143. The Morgan fingerprint density at radius 2 is 1.84 bits per heavy atom. The third kappa shape index (κ3) is 4.83. The Hall–Kier alpha value is -3.05. The van der Waals surface area contributed by atoms with Crippen molar-refractivity contribution in [2.24, 2.45) is 5.41 Å². The fraction of sp³-hybridized carbons (Fsp3) is 0.346. The topological polar surface area (TPSA) is 49.3 Å². The number of carbonyl (C=O) groups excluding carboxylic acids is 1. The lowest BCUT2D eigenvalue weighted by Gasteiger charge is -2.43. The van der Waals surface area contributed by atoms with Gasteiger partial charge in [0.15, 0.2) is 0 Å². The van der Waals surface area contributed by atoms with Gasteiger partial charge in [-0.05, 0) is 60.7 Å². The molecule has 1 saturated heterocycles. The molecule has 0 bridgehead atoms. The SMILES string of the molecule is CN(C)C(=O)[C@]1(Cc2ccccc2-c2cccnc2)CCCN(Cc2ccncc2)C1. The van der Waals surface area contributed by atoms with Gasteiger partial charge in [-0.1, -0.05) is 30.3 Å². The van der Waals surface area contributed by atoms with E-state index in [0.717, 1.165) is 50.0 Å². The van der Waals surface area contributed by atoms with E-state index in [0.29, 0.717) is 0 Å². The highest BCUT2D eigenvalue weighted by Crippen LogP contribution is 2.38. The summed E-state index contributed by atoms with van der Waals surface area (Å²) in [5.41, 5.74) is 4.26. The molecule has 0 aliphatic carbocycles. The minimum Gasteiger partial charge on any atom is -0.348 e. The molecule has 1 aliphatic heterocycles. The van der Waals surface area contributed by atoms with Crippen molar-refractivity contribution < 1.29 is 4.79 Å². The first-order valence-electron chi connectivity index (χ1n) is 10.9. The van der Waals surface area contributed by atoms with Crippen LogP contribution in [0.1, 0.15) is 24.0 Å². The number of hydrogen-bond donors (Lipinski definition) is 0. The number of rotatable bonds is 6.